The molecular formula is C17H21NO2S. The molecule has 0 aromatic heterocycles. The molecule has 4 heteroatoms. The van der Waals surface area contributed by atoms with E-state index in [1.165, 1.54) is 6.26 Å². The molecule has 0 aliphatic rings. The first-order chi connectivity index (χ1) is 9.93. The van der Waals surface area contributed by atoms with Crippen molar-refractivity contribution in [1.82, 2.24) is 0 Å². The Hall–Kier alpha value is -1.65. The summed E-state index contributed by atoms with van der Waals surface area (Å²) >= 11 is 0. The molecule has 0 saturated heterocycles. The number of sulfone groups is 1. The van der Waals surface area contributed by atoms with Gasteiger partial charge in [-0.15, -0.1) is 0 Å². The van der Waals surface area contributed by atoms with Crippen LogP contribution in [0.15, 0.2) is 54.6 Å². The minimum atomic E-state index is -3.15. The van der Waals surface area contributed by atoms with Crippen LogP contribution in [0.25, 0.3) is 11.1 Å². The molecule has 0 saturated carbocycles. The molecule has 0 spiro atoms. The van der Waals surface area contributed by atoms with Gasteiger partial charge >= 0.3 is 0 Å². The zero-order valence-corrected chi connectivity index (χ0v) is 13.2. The van der Waals surface area contributed by atoms with Gasteiger partial charge in [-0.2, -0.15) is 0 Å². The lowest BCUT2D eigenvalue weighted by molar-refractivity contribution is 0.553. The Balaban J connectivity index is 2.27. The average molecular weight is 303 g/mol. The molecule has 2 aromatic carbocycles. The maximum Gasteiger partial charge on any atom is 0.152 e. The number of nitrogens with two attached hydrogens (primary N) is 1. The third kappa shape index (κ3) is 3.71. The summed E-state index contributed by atoms with van der Waals surface area (Å²) in [4.78, 5) is 0. The second-order valence-electron chi connectivity index (χ2n) is 5.29. The second-order valence-corrected chi connectivity index (χ2v) is 7.55. The van der Waals surface area contributed by atoms with Gasteiger partial charge in [0.1, 0.15) is 0 Å². The van der Waals surface area contributed by atoms with Crippen molar-refractivity contribution >= 4 is 9.84 Å². The Bertz CT molecular complexity index is 678. The Morgan fingerprint density at radius 1 is 0.952 bits per heavy atom. The van der Waals surface area contributed by atoms with E-state index in [1.54, 1.807) is 0 Å². The Labute approximate surface area is 126 Å². The molecule has 0 fully saturated rings. The van der Waals surface area contributed by atoms with Crippen LogP contribution in [0, 0.1) is 0 Å². The van der Waals surface area contributed by atoms with Gasteiger partial charge in [0.05, 0.1) is 5.25 Å². The third-order valence-electron chi connectivity index (χ3n) is 3.76. The maximum absolute atomic E-state index is 11.8. The van der Waals surface area contributed by atoms with E-state index in [0.29, 0.717) is 6.42 Å². The van der Waals surface area contributed by atoms with Crippen molar-refractivity contribution in [3.8, 4) is 11.1 Å². The van der Waals surface area contributed by atoms with Crippen molar-refractivity contribution in [2.75, 3.05) is 6.26 Å². The normalized spacial score (nSPS) is 14.6. The minimum Gasteiger partial charge on any atom is -0.323 e. The van der Waals surface area contributed by atoms with Crippen molar-refractivity contribution < 1.29 is 8.42 Å². The summed E-state index contributed by atoms with van der Waals surface area (Å²) in [5.41, 5.74) is 9.23. The predicted octanol–water partition coefficient (Wildman–Crippen LogP) is 3.18. The van der Waals surface area contributed by atoms with Crippen LogP contribution in [0.3, 0.4) is 0 Å². The first-order valence-corrected chi connectivity index (χ1v) is 8.98. The summed E-state index contributed by atoms with van der Waals surface area (Å²) in [5, 5.41) is -0.542. The van der Waals surface area contributed by atoms with E-state index in [-0.39, 0.29) is 0 Å². The van der Waals surface area contributed by atoms with Crippen molar-refractivity contribution in [3.63, 3.8) is 0 Å². The SMILES string of the molecule is CC[C@@H]([C@@H](N)c1ccc(-c2ccccc2)cc1)S(C)(=O)=O. The lowest BCUT2D eigenvalue weighted by Crippen LogP contribution is -2.32. The Kier molecular flexibility index (Phi) is 4.80. The van der Waals surface area contributed by atoms with Crippen LogP contribution in [0.4, 0.5) is 0 Å². The smallest absolute Gasteiger partial charge is 0.152 e. The minimum absolute atomic E-state index is 0.491. The van der Waals surface area contributed by atoms with Crippen LogP contribution in [0.1, 0.15) is 24.9 Å². The summed E-state index contributed by atoms with van der Waals surface area (Å²) in [7, 11) is -3.15. The standard InChI is InChI=1S/C17H21NO2S/c1-3-16(21(2,19)20)17(18)15-11-9-14(10-12-15)13-7-5-4-6-8-13/h4-12,16-17H,3,18H2,1-2H3/t16-,17-/m0/s1. The molecule has 3 nitrogen and oxygen atoms in total. The van der Waals surface area contributed by atoms with Crippen LogP contribution in [0.5, 0.6) is 0 Å². The summed E-state index contributed by atoms with van der Waals surface area (Å²) in [6.45, 7) is 1.85. The topological polar surface area (TPSA) is 60.2 Å². The van der Waals surface area contributed by atoms with E-state index in [2.05, 4.69) is 0 Å². The predicted molar refractivity (Wildman–Crippen MR) is 87.7 cm³/mol. The summed E-state index contributed by atoms with van der Waals surface area (Å²) in [6.07, 6.45) is 1.76. The molecule has 0 unspecified atom stereocenters. The van der Waals surface area contributed by atoms with Crippen molar-refractivity contribution in [2.24, 2.45) is 5.73 Å². The zero-order chi connectivity index (χ0) is 15.5. The van der Waals surface area contributed by atoms with Gasteiger partial charge in [-0.3, -0.25) is 0 Å². The first-order valence-electron chi connectivity index (χ1n) is 7.03. The molecule has 0 radical (unpaired) electrons. The highest BCUT2D eigenvalue weighted by molar-refractivity contribution is 7.91. The highest BCUT2D eigenvalue weighted by atomic mass is 32.2. The average Bonchev–Trinajstić information content (AvgIpc) is 2.47. The van der Waals surface area contributed by atoms with Crippen LogP contribution in [-0.2, 0) is 9.84 Å². The quantitative estimate of drug-likeness (QED) is 0.923. The summed E-state index contributed by atoms with van der Waals surface area (Å²) in [5.74, 6) is 0. The lowest BCUT2D eigenvalue weighted by atomic mass is 9.99. The number of rotatable bonds is 5. The molecule has 0 heterocycles. The van der Waals surface area contributed by atoms with Gasteiger partial charge in [0.15, 0.2) is 9.84 Å². The highest BCUT2D eigenvalue weighted by Crippen LogP contribution is 2.25. The van der Waals surface area contributed by atoms with E-state index in [4.69, 9.17) is 5.73 Å². The second kappa shape index (κ2) is 6.41. The van der Waals surface area contributed by atoms with E-state index >= 15 is 0 Å². The van der Waals surface area contributed by atoms with Gasteiger partial charge < -0.3 is 5.73 Å². The van der Waals surface area contributed by atoms with E-state index in [9.17, 15) is 8.42 Å². The molecule has 2 aromatic rings. The zero-order valence-electron chi connectivity index (χ0n) is 12.4. The van der Waals surface area contributed by atoms with Crippen molar-refractivity contribution in [2.45, 2.75) is 24.6 Å². The van der Waals surface area contributed by atoms with Crippen LogP contribution < -0.4 is 5.73 Å². The first kappa shape index (κ1) is 15.7. The molecule has 2 rings (SSSR count). The number of hydrogen-bond acceptors (Lipinski definition) is 3. The van der Waals surface area contributed by atoms with Crippen molar-refractivity contribution in [3.05, 3.63) is 60.2 Å². The molecule has 2 atom stereocenters. The lowest BCUT2D eigenvalue weighted by Gasteiger charge is -2.21. The van der Waals surface area contributed by atoms with Crippen LogP contribution >= 0.6 is 0 Å². The van der Waals surface area contributed by atoms with E-state index in [1.807, 2.05) is 61.5 Å². The highest BCUT2D eigenvalue weighted by Gasteiger charge is 2.26. The van der Waals surface area contributed by atoms with E-state index < -0.39 is 21.1 Å². The molecule has 0 bridgehead atoms. The van der Waals surface area contributed by atoms with Crippen LogP contribution in [0.2, 0.25) is 0 Å². The summed E-state index contributed by atoms with van der Waals surface area (Å²) < 4.78 is 23.6. The van der Waals surface area contributed by atoms with Crippen molar-refractivity contribution in [1.29, 1.82) is 0 Å². The molecule has 2 N–H and O–H groups in total. The third-order valence-corrected chi connectivity index (χ3v) is 5.48. The van der Waals surface area contributed by atoms with Gasteiger partial charge in [0.2, 0.25) is 0 Å². The van der Waals surface area contributed by atoms with Gasteiger partial charge in [-0.25, -0.2) is 8.42 Å². The van der Waals surface area contributed by atoms with E-state index in [0.717, 1.165) is 16.7 Å². The maximum atomic E-state index is 11.8. The number of hydrogen-bond donors (Lipinski definition) is 1. The molecule has 0 aliphatic heterocycles. The fourth-order valence-corrected chi connectivity index (χ4v) is 3.86. The van der Waals surface area contributed by atoms with Crippen LogP contribution in [-0.4, -0.2) is 19.9 Å². The van der Waals surface area contributed by atoms with Gasteiger partial charge in [-0.05, 0) is 23.1 Å². The van der Waals surface area contributed by atoms with Gasteiger partial charge in [0.25, 0.3) is 0 Å². The Morgan fingerprint density at radius 2 is 1.48 bits per heavy atom. The molecular weight excluding hydrogens is 282 g/mol. The Morgan fingerprint density at radius 3 is 1.95 bits per heavy atom. The molecule has 112 valence electrons. The molecule has 0 aliphatic carbocycles. The summed E-state index contributed by atoms with van der Waals surface area (Å²) in [6, 6.07) is 17.4. The number of benzene rings is 2. The van der Waals surface area contributed by atoms with Gasteiger partial charge in [0, 0.05) is 12.3 Å². The largest absolute Gasteiger partial charge is 0.323 e. The molecule has 0 amide bonds. The fourth-order valence-electron chi connectivity index (χ4n) is 2.57. The molecule has 21 heavy (non-hydrogen) atoms. The fraction of sp³-hybridized carbons (Fsp3) is 0.294. The van der Waals surface area contributed by atoms with Gasteiger partial charge in [-0.1, -0.05) is 61.5 Å². The monoisotopic (exact) mass is 303 g/mol.